The summed E-state index contributed by atoms with van der Waals surface area (Å²) in [6, 6.07) is 23.9. The molecule has 214 valence electrons. The molecular formula is C33H35N7O2. The van der Waals surface area contributed by atoms with Crippen molar-refractivity contribution in [2.24, 2.45) is 0 Å². The fourth-order valence-electron chi connectivity index (χ4n) is 5.21. The molecule has 0 spiro atoms. The van der Waals surface area contributed by atoms with E-state index < -0.39 is 0 Å². The number of anilines is 2. The van der Waals surface area contributed by atoms with Gasteiger partial charge in [0.05, 0.1) is 18.0 Å². The number of nitrogens with zero attached hydrogens (tertiary/aromatic N) is 5. The normalized spacial score (nSPS) is 14.6. The summed E-state index contributed by atoms with van der Waals surface area (Å²) in [6.45, 7) is 6.02. The van der Waals surface area contributed by atoms with Gasteiger partial charge in [-0.15, -0.1) is 0 Å². The molecule has 2 N–H and O–H groups in total. The number of aromatic nitrogens is 4. The van der Waals surface area contributed by atoms with Gasteiger partial charge in [0, 0.05) is 67.1 Å². The standard InChI is InChI=1S/C33H35N7O2/c1-3-23(24-7-5-4-6-8-24)22-42-27-11-13-34-30(21-27)29-12-14-35-33(38-29)36-26-9-10-28-25(19-26)20-31(37-28)32(41)40-17-15-39(2)16-18-40/h4-14,19-21,23,37H,3,15-18,22H2,1-2H3,(H,35,36,38). The Labute approximate surface area is 245 Å². The Hall–Kier alpha value is -4.76. The van der Waals surface area contributed by atoms with Crippen LogP contribution in [0.15, 0.2) is 85.2 Å². The number of pyridine rings is 1. The molecule has 0 bridgehead atoms. The number of piperazine rings is 1. The monoisotopic (exact) mass is 561 g/mol. The van der Waals surface area contributed by atoms with Gasteiger partial charge < -0.3 is 24.8 Å². The SMILES string of the molecule is CCC(COc1ccnc(-c2ccnc(Nc3ccc4[nH]c(C(=O)N5CCN(C)CC5)cc4c3)n2)c1)c1ccccc1. The van der Waals surface area contributed by atoms with E-state index in [4.69, 9.17) is 9.72 Å². The van der Waals surface area contributed by atoms with Gasteiger partial charge >= 0.3 is 0 Å². The number of hydrogen-bond acceptors (Lipinski definition) is 7. The van der Waals surface area contributed by atoms with Crippen molar-refractivity contribution in [3.05, 3.63) is 96.4 Å². The second-order valence-corrected chi connectivity index (χ2v) is 10.7. The van der Waals surface area contributed by atoms with Crippen LogP contribution < -0.4 is 10.1 Å². The molecular weight excluding hydrogens is 526 g/mol. The minimum Gasteiger partial charge on any atom is -0.493 e. The highest BCUT2D eigenvalue weighted by Crippen LogP contribution is 2.26. The maximum atomic E-state index is 13.0. The largest absolute Gasteiger partial charge is 0.493 e. The summed E-state index contributed by atoms with van der Waals surface area (Å²) in [5.74, 6) is 1.56. The van der Waals surface area contributed by atoms with Crippen LogP contribution in [-0.2, 0) is 0 Å². The van der Waals surface area contributed by atoms with E-state index in [0.717, 1.165) is 54.9 Å². The number of fused-ring (bicyclic) bond motifs is 1. The van der Waals surface area contributed by atoms with Crippen LogP contribution >= 0.6 is 0 Å². The predicted molar refractivity (Wildman–Crippen MR) is 165 cm³/mol. The van der Waals surface area contributed by atoms with Gasteiger partial charge in [0.25, 0.3) is 5.91 Å². The van der Waals surface area contributed by atoms with Crippen molar-refractivity contribution in [2.45, 2.75) is 19.3 Å². The number of benzene rings is 2. The van der Waals surface area contributed by atoms with Gasteiger partial charge in [-0.2, -0.15) is 0 Å². The molecule has 1 unspecified atom stereocenters. The van der Waals surface area contributed by atoms with Crippen LogP contribution in [0.3, 0.4) is 0 Å². The number of rotatable bonds is 9. The number of amides is 1. The first kappa shape index (κ1) is 27.4. The number of carbonyl (C=O) groups excluding carboxylic acids is 1. The summed E-state index contributed by atoms with van der Waals surface area (Å²) in [6.07, 6.45) is 4.44. The molecule has 1 fully saturated rings. The van der Waals surface area contributed by atoms with Gasteiger partial charge in [0.15, 0.2) is 0 Å². The Morgan fingerprint density at radius 1 is 0.952 bits per heavy atom. The lowest BCUT2D eigenvalue weighted by atomic mass is 9.98. The molecule has 42 heavy (non-hydrogen) atoms. The highest BCUT2D eigenvalue weighted by atomic mass is 16.5. The summed E-state index contributed by atoms with van der Waals surface area (Å²) in [5.41, 5.74) is 5.01. The third kappa shape index (κ3) is 6.26. The fraction of sp³-hybridized carbons (Fsp3) is 0.273. The predicted octanol–water partition coefficient (Wildman–Crippen LogP) is 5.72. The molecule has 5 aromatic rings. The Bertz CT molecular complexity index is 1660. The molecule has 1 aliphatic heterocycles. The lowest BCUT2D eigenvalue weighted by molar-refractivity contribution is 0.0659. The summed E-state index contributed by atoms with van der Waals surface area (Å²) in [4.78, 5) is 34.1. The summed E-state index contributed by atoms with van der Waals surface area (Å²) in [7, 11) is 2.08. The van der Waals surface area contributed by atoms with Crippen molar-refractivity contribution in [2.75, 3.05) is 45.2 Å². The van der Waals surface area contributed by atoms with Crippen molar-refractivity contribution >= 4 is 28.4 Å². The molecule has 9 nitrogen and oxygen atoms in total. The molecule has 1 saturated heterocycles. The van der Waals surface area contributed by atoms with E-state index in [9.17, 15) is 4.79 Å². The number of hydrogen-bond donors (Lipinski definition) is 2. The molecule has 6 rings (SSSR count). The Balaban J connectivity index is 1.14. The van der Waals surface area contributed by atoms with Crippen molar-refractivity contribution in [1.29, 1.82) is 0 Å². The maximum Gasteiger partial charge on any atom is 0.270 e. The first-order chi connectivity index (χ1) is 20.6. The molecule has 1 atom stereocenters. The average molecular weight is 562 g/mol. The van der Waals surface area contributed by atoms with Gasteiger partial charge in [-0.25, -0.2) is 9.97 Å². The molecule has 0 radical (unpaired) electrons. The molecule has 3 aromatic heterocycles. The van der Waals surface area contributed by atoms with E-state index in [1.54, 1.807) is 12.4 Å². The molecule has 2 aromatic carbocycles. The Morgan fingerprint density at radius 2 is 1.76 bits per heavy atom. The van der Waals surface area contributed by atoms with Crippen LogP contribution in [0.4, 0.5) is 11.6 Å². The van der Waals surface area contributed by atoms with E-state index in [0.29, 0.717) is 35.6 Å². The van der Waals surface area contributed by atoms with Crippen LogP contribution in [0, 0.1) is 0 Å². The lowest BCUT2D eigenvalue weighted by Gasteiger charge is -2.32. The number of ether oxygens (including phenoxy) is 1. The van der Waals surface area contributed by atoms with E-state index in [-0.39, 0.29) is 5.91 Å². The van der Waals surface area contributed by atoms with Crippen LogP contribution in [0.25, 0.3) is 22.3 Å². The maximum absolute atomic E-state index is 13.0. The highest BCUT2D eigenvalue weighted by molar-refractivity contribution is 5.98. The number of nitrogens with one attached hydrogen (secondary N) is 2. The van der Waals surface area contributed by atoms with Crippen molar-refractivity contribution in [3.8, 4) is 17.1 Å². The van der Waals surface area contributed by atoms with Crippen LogP contribution in [0.1, 0.15) is 35.3 Å². The van der Waals surface area contributed by atoms with Gasteiger partial charge in [-0.05, 0) is 55.4 Å². The quantitative estimate of drug-likeness (QED) is 0.237. The van der Waals surface area contributed by atoms with Crippen molar-refractivity contribution < 1.29 is 9.53 Å². The molecule has 0 aliphatic carbocycles. The van der Waals surface area contributed by atoms with Gasteiger partial charge in [0.2, 0.25) is 5.95 Å². The van der Waals surface area contributed by atoms with Crippen LogP contribution in [0.5, 0.6) is 5.75 Å². The van der Waals surface area contributed by atoms with E-state index in [2.05, 4.69) is 63.4 Å². The second-order valence-electron chi connectivity index (χ2n) is 10.7. The number of carbonyl (C=O) groups is 1. The molecule has 1 amide bonds. The fourth-order valence-corrected chi connectivity index (χ4v) is 5.21. The molecule has 1 aliphatic rings. The first-order valence-corrected chi connectivity index (χ1v) is 14.4. The highest BCUT2D eigenvalue weighted by Gasteiger charge is 2.22. The first-order valence-electron chi connectivity index (χ1n) is 14.4. The van der Waals surface area contributed by atoms with E-state index in [1.165, 1.54) is 5.56 Å². The van der Waals surface area contributed by atoms with Crippen molar-refractivity contribution in [1.82, 2.24) is 29.7 Å². The zero-order valence-electron chi connectivity index (χ0n) is 24.0. The molecule has 4 heterocycles. The Kier molecular flexibility index (Phi) is 8.09. The second kappa shape index (κ2) is 12.4. The lowest BCUT2D eigenvalue weighted by Crippen LogP contribution is -2.47. The summed E-state index contributed by atoms with van der Waals surface area (Å²) < 4.78 is 6.17. The summed E-state index contributed by atoms with van der Waals surface area (Å²) in [5, 5.41) is 4.24. The number of likely N-dealkylation sites (N-methyl/N-ethyl adjacent to an activating group) is 1. The minimum absolute atomic E-state index is 0.0360. The smallest absolute Gasteiger partial charge is 0.270 e. The van der Waals surface area contributed by atoms with Gasteiger partial charge in [-0.1, -0.05) is 37.3 Å². The number of H-pyrrole nitrogens is 1. The molecule has 9 heteroatoms. The van der Waals surface area contributed by atoms with Crippen LogP contribution in [0.2, 0.25) is 0 Å². The van der Waals surface area contributed by atoms with E-state index in [1.807, 2.05) is 53.4 Å². The summed E-state index contributed by atoms with van der Waals surface area (Å²) >= 11 is 0. The zero-order valence-corrected chi connectivity index (χ0v) is 24.0. The minimum atomic E-state index is 0.0360. The molecule has 0 saturated carbocycles. The van der Waals surface area contributed by atoms with Gasteiger partial charge in [0.1, 0.15) is 11.4 Å². The third-order valence-corrected chi connectivity index (χ3v) is 7.76. The Morgan fingerprint density at radius 3 is 2.57 bits per heavy atom. The zero-order chi connectivity index (χ0) is 28.9. The van der Waals surface area contributed by atoms with E-state index >= 15 is 0 Å². The van der Waals surface area contributed by atoms with Crippen molar-refractivity contribution in [3.63, 3.8) is 0 Å². The topological polar surface area (TPSA) is 99.3 Å². The van der Waals surface area contributed by atoms with Crippen LogP contribution in [-0.4, -0.2) is 75.5 Å². The average Bonchev–Trinajstić information content (AvgIpc) is 3.46. The number of aromatic amines is 1. The van der Waals surface area contributed by atoms with Gasteiger partial charge in [-0.3, -0.25) is 9.78 Å². The third-order valence-electron chi connectivity index (χ3n) is 7.76.